The van der Waals surface area contributed by atoms with Crippen LogP contribution in [0.4, 0.5) is 0 Å². The molecule has 3 atom stereocenters. The third-order valence-electron chi connectivity index (χ3n) is 4.40. The Kier molecular flexibility index (Phi) is 0.811. The molecule has 1 aliphatic heterocycles. The summed E-state index contributed by atoms with van der Waals surface area (Å²) in [5, 5.41) is 8.88. The molecular formula is C10H16N2. The Hall–Kier alpha value is -0.400. The van der Waals surface area contributed by atoms with Crippen LogP contribution in [0.1, 0.15) is 34.1 Å². The Labute approximate surface area is 73.5 Å². The van der Waals surface area contributed by atoms with Gasteiger partial charge < -0.3 is 0 Å². The minimum Gasteiger partial charge on any atom is -0.189 e. The van der Waals surface area contributed by atoms with Crippen molar-refractivity contribution in [3.63, 3.8) is 0 Å². The zero-order chi connectivity index (χ0) is 8.78. The average molecular weight is 164 g/mol. The Balaban J connectivity index is 2.00. The molecule has 1 spiro atoms. The monoisotopic (exact) mass is 164 g/mol. The van der Waals surface area contributed by atoms with E-state index in [1.54, 1.807) is 0 Å². The largest absolute Gasteiger partial charge is 0.189 e. The van der Waals surface area contributed by atoms with Crippen LogP contribution in [0.25, 0.3) is 0 Å². The summed E-state index contributed by atoms with van der Waals surface area (Å²) in [7, 11) is 0. The lowest BCUT2D eigenvalue weighted by Gasteiger charge is -2.14. The first-order valence-electron chi connectivity index (χ1n) is 4.84. The molecule has 2 heteroatoms. The van der Waals surface area contributed by atoms with Gasteiger partial charge in [0.25, 0.3) is 0 Å². The number of fused-ring (bicyclic) bond motifs is 2. The number of hydrogen-bond donors (Lipinski definition) is 0. The van der Waals surface area contributed by atoms with Crippen LogP contribution < -0.4 is 0 Å². The zero-order valence-corrected chi connectivity index (χ0v) is 8.26. The molecule has 2 fully saturated rings. The summed E-state index contributed by atoms with van der Waals surface area (Å²) in [5.74, 6) is 0.764. The number of azo groups is 1. The lowest BCUT2D eigenvalue weighted by molar-refractivity contribution is 0.383. The number of nitrogens with zero attached hydrogens (tertiary/aromatic N) is 2. The normalized spacial score (nSPS) is 55.7. The van der Waals surface area contributed by atoms with Crippen molar-refractivity contribution in [2.45, 2.75) is 45.7 Å². The summed E-state index contributed by atoms with van der Waals surface area (Å²) in [6, 6.07) is 0.555. The Morgan fingerprint density at radius 1 is 1.17 bits per heavy atom. The Morgan fingerprint density at radius 3 is 2.00 bits per heavy atom. The SMILES string of the molecule is CC1(C)C2N=NC3(CC3(C)C)C21. The quantitative estimate of drug-likeness (QED) is 0.526. The van der Waals surface area contributed by atoms with Crippen molar-refractivity contribution in [2.24, 2.45) is 27.0 Å². The number of hydrogen-bond acceptors (Lipinski definition) is 2. The van der Waals surface area contributed by atoms with Crippen LogP contribution in [-0.2, 0) is 0 Å². The lowest BCUT2D eigenvalue weighted by Crippen LogP contribution is -2.17. The van der Waals surface area contributed by atoms with Crippen molar-refractivity contribution in [1.82, 2.24) is 0 Å². The summed E-state index contributed by atoms with van der Waals surface area (Å²) in [4.78, 5) is 0. The molecule has 0 aromatic rings. The molecule has 2 aliphatic carbocycles. The van der Waals surface area contributed by atoms with E-state index in [9.17, 15) is 0 Å². The second-order valence-electron chi connectivity index (χ2n) is 5.94. The molecule has 66 valence electrons. The maximum absolute atomic E-state index is 4.48. The van der Waals surface area contributed by atoms with Crippen molar-refractivity contribution < 1.29 is 0 Å². The van der Waals surface area contributed by atoms with Crippen LogP contribution in [0.5, 0.6) is 0 Å². The molecule has 3 unspecified atom stereocenters. The standard InChI is InChI=1S/C10H16N2/c1-8(2)5-10(8)6-7(11-12-10)9(6,3)4/h6-7H,5H2,1-4H3. The molecular weight excluding hydrogens is 148 g/mol. The molecule has 0 aromatic carbocycles. The highest BCUT2D eigenvalue weighted by molar-refractivity contribution is 5.35. The van der Waals surface area contributed by atoms with E-state index in [1.807, 2.05) is 0 Å². The third-order valence-corrected chi connectivity index (χ3v) is 4.40. The van der Waals surface area contributed by atoms with Gasteiger partial charge in [-0.15, -0.1) is 0 Å². The van der Waals surface area contributed by atoms with Crippen LogP contribution in [0, 0.1) is 16.7 Å². The molecule has 3 rings (SSSR count). The van der Waals surface area contributed by atoms with E-state index in [2.05, 4.69) is 37.9 Å². The van der Waals surface area contributed by atoms with E-state index >= 15 is 0 Å². The first-order valence-corrected chi connectivity index (χ1v) is 4.84. The van der Waals surface area contributed by atoms with E-state index in [0.29, 0.717) is 16.9 Å². The molecule has 3 aliphatic rings. The van der Waals surface area contributed by atoms with E-state index in [1.165, 1.54) is 6.42 Å². The van der Waals surface area contributed by atoms with Crippen LogP contribution in [0.15, 0.2) is 10.2 Å². The second kappa shape index (κ2) is 1.38. The van der Waals surface area contributed by atoms with Gasteiger partial charge in [-0.3, -0.25) is 0 Å². The summed E-state index contributed by atoms with van der Waals surface area (Å²) in [5.41, 5.74) is 1.15. The van der Waals surface area contributed by atoms with Gasteiger partial charge in [-0.1, -0.05) is 27.7 Å². The van der Waals surface area contributed by atoms with Gasteiger partial charge in [-0.25, -0.2) is 0 Å². The van der Waals surface area contributed by atoms with Gasteiger partial charge in [0, 0.05) is 5.92 Å². The van der Waals surface area contributed by atoms with Crippen LogP contribution in [0.3, 0.4) is 0 Å². The van der Waals surface area contributed by atoms with Crippen molar-refractivity contribution in [3.8, 4) is 0 Å². The zero-order valence-electron chi connectivity index (χ0n) is 8.26. The first kappa shape index (κ1) is 7.05. The molecule has 0 radical (unpaired) electrons. The highest BCUT2D eigenvalue weighted by Crippen LogP contribution is 2.78. The maximum atomic E-state index is 4.48. The van der Waals surface area contributed by atoms with Gasteiger partial charge in [0.1, 0.15) is 0 Å². The predicted octanol–water partition coefficient (Wildman–Crippen LogP) is 2.65. The second-order valence-corrected chi connectivity index (χ2v) is 5.94. The molecule has 0 saturated heterocycles. The van der Waals surface area contributed by atoms with Gasteiger partial charge in [0.05, 0.1) is 11.6 Å². The van der Waals surface area contributed by atoms with Crippen LogP contribution >= 0.6 is 0 Å². The maximum Gasteiger partial charge on any atom is 0.0928 e. The van der Waals surface area contributed by atoms with Gasteiger partial charge in [-0.05, 0) is 17.3 Å². The molecule has 0 bridgehead atoms. The van der Waals surface area contributed by atoms with Crippen LogP contribution in [-0.4, -0.2) is 11.6 Å². The molecule has 12 heavy (non-hydrogen) atoms. The third kappa shape index (κ3) is 0.477. The average Bonchev–Trinajstić information content (AvgIpc) is 2.54. The fourth-order valence-electron chi connectivity index (χ4n) is 3.26. The summed E-state index contributed by atoms with van der Waals surface area (Å²) < 4.78 is 0. The first-order chi connectivity index (χ1) is 5.42. The van der Waals surface area contributed by atoms with Crippen molar-refractivity contribution in [1.29, 1.82) is 0 Å². The van der Waals surface area contributed by atoms with Gasteiger partial charge in [0.2, 0.25) is 0 Å². The van der Waals surface area contributed by atoms with E-state index in [0.717, 1.165) is 5.92 Å². The van der Waals surface area contributed by atoms with Crippen molar-refractivity contribution >= 4 is 0 Å². The molecule has 1 heterocycles. The summed E-state index contributed by atoms with van der Waals surface area (Å²) >= 11 is 0. The molecule has 2 nitrogen and oxygen atoms in total. The van der Waals surface area contributed by atoms with Crippen molar-refractivity contribution in [2.75, 3.05) is 0 Å². The molecule has 0 N–H and O–H groups in total. The lowest BCUT2D eigenvalue weighted by atomic mass is 9.95. The number of rotatable bonds is 0. The van der Waals surface area contributed by atoms with Gasteiger partial charge in [0.15, 0.2) is 0 Å². The fraction of sp³-hybridized carbons (Fsp3) is 1.00. The predicted molar refractivity (Wildman–Crippen MR) is 47.0 cm³/mol. The van der Waals surface area contributed by atoms with E-state index in [4.69, 9.17) is 0 Å². The highest BCUT2D eigenvalue weighted by atomic mass is 15.3. The summed E-state index contributed by atoms with van der Waals surface area (Å²) in [6.07, 6.45) is 1.26. The van der Waals surface area contributed by atoms with Crippen molar-refractivity contribution in [3.05, 3.63) is 0 Å². The molecule has 0 amide bonds. The van der Waals surface area contributed by atoms with E-state index < -0.39 is 0 Å². The fourth-order valence-corrected chi connectivity index (χ4v) is 3.26. The smallest absolute Gasteiger partial charge is 0.0928 e. The Bertz CT molecular complexity index is 288. The topological polar surface area (TPSA) is 24.7 Å². The minimum atomic E-state index is 0.265. The van der Waals surface area contributed by atoms with Gasteiger partial charge in [-0.2, -0.15) is 10.2 Å². The van der Waals surface area contributed by atoms with Gasteiger partial charge >= 0.3 is 0 Å². The molecule has 0 aromatic heterocycles. The van der Waals surface area contributed by atoms with E-state index in [-0.39, 0.29) is 5.54 Å². The minimum absolute atomic E-state index is 0.265. The summed E-state index contributed by atoms with van der Waals surface area (Å²) in [6.45, 7) is 9.30. The molecule has 2 saturated carbocycles. The highest BCUT2D eigenvalue weighted by Gasteiger charge is 2.81. The van der Waals surface area contributed by atoms with Crippen LogP contribution in [0.2, 0.25) is 0 Å². The Morgan fingerprint density at radius 2 is 1.75 bits per heavy atom.